The SMILES string of the molecule is Nc1nc(CNC(=O)c2ccccc2Br)cs1. The lowest BCUT2D eigenvalue weighted by atomic mass is 10.2. The Labute approximate surface area is 111 Å². The molecule has 0 atom stereocenters. The van der Waals surface area contributed by atoms with Gasteiger partial charge in [-0.15, -0.1) is 11.3 Å². The summed E-state index contributed by atoms with van der Waals surface area (Å²) in [5, 5.41) is 5.13. The number of amides is 1. The summed E-state index contributed by atoms with van der Waals surface area (Å²) in [6.07, 6.45) is 0. The summed E-state index contributed by atoms with van der Waals surface area (Å²) in [5.74, 6) is -0.135. The molecule has 0 aliphatic rings. The fourth-order valence-corrected chi connectivity index (χ4v) is 2.34. The van der Waals surface area contributed by atoms with Crippen molar-refractivity contribution in [1.29, 1.82) is 0 Å². The maximum Gasteiger partial charge on any atom is 0.252 e. The van der Waals surface area contributed by atoms with Crippen LogP contribution in [0.2, 0.25) is 0 Å². The van der Waals surface area contributed by atoms with Crippen LogP contribution < -0.4 is 11.1 Å². The van der Waals surface area contributed by atoms with Gasteiger partial charge in [-0.05, 0) is 28.1 Å². The van der Waals surface area contributed by atoms with Crippen LogP contribution in [0.3, 0.4) is 0 Å². The van der Waals surface area contributed by atoms with Crippen molar-refractivity contribution in [2.45, 2.75) is 6.54 Å². The molecule has 0 aliphatic carbocycles. The Kier molecular flexibility index (Phi) is 3.75. The zero-order chi connectivity index (χ0) is 12.3. The highest BCUT2D eigenvalue weighted by Crippen LogP contribution is 2.16. The molecule has 17 heavy (non-hydrogen) atoms. The Balaban J connectivity index is 2.01. The Morgan fingerprint density at radius 3 is 2.88 bits per heavy atom. The summed E-state index contributed by atoms with van der Waals surface area (Å²) < 4.78 is 0.773. The van der Waals surface area contributed by atoms with Crippen LogP contribution in [-0.2, 0) is 6.54 Å². The number of aromatic nitrogens is 1. The average Bonchev–Trinajstić information content (AvgIpc) is 2.73. The van der Waals surface area contributed by atoms with Crippen molar-refractivity contribution in [1.82, 2.24) is 10.3 Å². The predicted octanol–water partition coefficient (Wildman–Crippen LogP) is 2.42. The molecule has 0 spiro atoms. The first-order valence-corrected chi connectivity index (χ1v) is 6.56. The number of nitrogens with one attached hydrogen (secondary N) is 1. The minimum Gasteiger partial charge on any atom is -0.375 e. The van der Waals surface area contributed by atoms with Crippen LogP contribution in [0.5, 0.6) is 0 Å². The van der Waals surface area contributed by atoms with Gasteiger partial charge in [-0.3, -0.25) is 4.79 Å². The zero-order valence-corrected chi connectivity index (χ0v) is 11.2. The Morgan fingerprint density at radius 1 is 1.47 bits per heavy atom. The summed E-state index contributed by atoms with van der Waals surface area (Å²) in [4.78, 5) is 15.9. The third-order valence-electron chi connectivity index (χ3n) is 2.12. The predicted molar refractivity (Wildman–Crippen MR) is 71.8 cm³/mol. The highest BCUT2D eigenvalue weighted by Gasteiger charge is 2.09. The molecule has 88 valence electrons. The van der Waals surface area contributed by atoms with Gasteiger partial charge in [0.25, 0.3) is 5.91 Å². The van der Waals surface area contributed by atoms with Gasteiger partial charge in [-0.1, -0.05) is 12.1 Å². The van der Waals surface area contributed by atoms with Gasteiger partial charge in [-0.25, -0.2) is 4.98 Å². The Morgan fingerprint density at radius 2 is 2.24 bits per heavy atom. The fraction of sp³-hybridized carbons (Fsp3) is 0.0909. The molecule has 4 nitrogen and oxygen atoms in total. The Hall–Kier alpha value is -1.40. The molecule has 0 fully saturated rings. The van der Waals surface area contributed by atoms with E-state index in [4.69, 9.17) is 5.73 Å². The molecular formula is C11H10BrN3OS. The molecule has 1 amide bonds. The number of anilines is 1. The second-order valence-electron chi connectivity index (χ2n) is 3.34. The number of nitrogen functional groups attached to an aromatic ring is 1. The topological polar surface area (TPSA) is 68.0 Å². The molecule has 0 saturated heterocycles. The molecule has 1 aromatic carbocycles. The molecule has 0 radical (unpaired) electrons. The second kappa shape index (κ2) is 5.29. The quantitative estimate of drug-likeness (QED) is 0.914. The van der Waals surface area contributed by atoms with E-state index < -0.39 is 0 Å². The van der Waals surface area contributed by atoms with E-state index in [1.54, 1.807) is 6.07 Å². The van der Waals surface area contributed by atoms with Crippen molar-refractivity contribution < 1.29 is 4.79 Å². The van der Waals surface area contributed by atoms with E-state index in [0.29, 0.717) is 17.2 Å². The maximum atomic E-state index is 11.8. The third-order valence-corrected chi connectivity index (χ3v) is 3.53. The van der Waals surface area contributed by atoms with Crippen LogP contribution in [-0.4, -0.2) is 10.9 Å². The lowest BCUT2D eigenvalue weighted by Crippen LogP contribution is -2.23. The molecule has 0 unspecified atom stereocenters. The van der Waals surface area contributed by atoms with Crippen molar-refractivity contribution in [3.05, 3.63) is 45.4 Å². The molecule has 1 heterocycles. The van der Waals surface area contributed by atoms with Crippen LogP contribution in [0.4, 0.5) is 5.13 Å². The molecule has 0 saturated carbocycles. The van der Waals surface area contributed by atoms with Crippen LogP contribution in [0.15, 0.2) is 34.1 Å². The minimum atomic E-state index is -0.135. The van der Waals surface area contributed by atoms with E-state index in [2.05, 4.69) is 26.2 Å². The number of rotatable bonds is 3. The summed E-state index contributed by atoms with van der Waals surface area (Å²) in [7, 11) is 0. The highest BCUT2D eigenvalue weighted by atomic mass is 79.9. The smallest absolute Gasteiger partial charge is 0.252 e. The minimum absolute atomic E-state index is 0.135. The number of nitrogens with two attached hydrogens (primary N) is 1. The van der Waals surface area contributed by atoms with Crippen LogP contribution in [0.1, 0.15) is 16.1 Å². The largest absolute Gasteiger partial charge is 0.375 e. The molecule has 0 bridgehead atoms. The number of nitrogens with zero attached hydrogens (tertiary/aromatic N) is 1. The molecule has 3 N–H and O–H groups in total. The maximum absolute atomic E-state index is 11.8. The Bertz CT molecular complexity index is 541. The van der Waals surface area contributed by atoms with E-state index in [1.165, 1.54) is 11.3 Å². The van der Waals surface area contributed by atoms with Gasteiger partial charge < -0.3 is 11.1 Å². The zero-order valence-electron chi connectivity index (χ0n) is 8.81. The lowest BCUT2D eigenvalue weighted by molar-refractivity contribution is 0.0949. The van der Waals surface area contributed by atoms with Gasteiger partial charge in [0.15, 0.2) is 5.13 Å². The summed E-state index contributed by atoms with van der Waals surface area (Å²) in [5.41, 5.74) is 6.89. The van der Waals surface area contributed by atoms with E-state index in [-0.39, 0.29) is 5.91 Å². The standard InChI is InChI=1S/C11H10BrN3OS/c12-9-4-2-1-3-8(9)10(16)14-5-7-6-17-11(13)15-7/h1-4,6H,5H2,(H2,13,15)(H,14,16). The van der Waals surface area contributed by atoms with Crippen molar-refractivity contribution in [2.24, 2.45) is 0 Å². The first-order valence-electron chi connectivity index (χ1n) is 4.89. The molecule has 2 aromatic rings. The normalized spacial score (nSPS) is 10.2. The molecule has 2 rings (SSSR count). The van der Waals surface area contributed by atoms with Crippen LogP contribution >= 0.6 is 27.3 Å². The van der Waals surface area contributed by atoms with Crippen molar-refractivity contribution in [3.63, 3.8) is 0 Å². The van der Waals surface area contributed by atoms with Gasteiger partial charge in [-0.2, -0.15) is 0 Å². The van der Waals surface area contributed by atoms with Gasteiger partial charge in [0.1, 0.15) is 0 Å². The van der Waals surface area contributed by atoms with Gasteiger partial charge in [0.05, 0.1) is 17.8 Å². The summed E-state index contributed by atoms with van der Waals surface area (Å²) >= 11 is 4.69. The van der Waals surface area contributed by atoms with Crippen molar-refractivity contribution >= 4 is 38.3 Å². The van der Waals surface area contributed by atoms with E-state index in [1.807, 2.05) is 23.6 Å². The number of carbonyl (C=O) groups excluding carboxylic acids is 1. The van der Waals surface area contributed by atoms with Gasteiger partial charge in [0.2, 0.25) is 0 Å². The first-order chi connectivity index (χ1) is 8.16. The monoisotopic (exact) mass is 311 g/mol. The number of thiazole rings is 1. The van der Waals surface area contributed by atoms with Gasteiger partial charge in [0, 0.05) is 9.85 Å². The van der Waals surface area contributed by atoms with Crippen molar-refractivity contribution in [3.8, 4) is 0 Å². The number of benzene rings is 1. The molecule has 0 aliphatic heterocycles. The summed E-state index contributed by atoms with van der Waals surface area (Å²) in [6, 6.07) is 7.27. The molecular weight excluding hydrogens is 302 g/mol. The van der Waals surface area contributed by atoms with E-state index in [9.17, 15) is 4.79 Å². The van der Waals surface area contributed by atoms with Gasteiger partial charge >= 0.3 is 0 Å². The van der Waals surface area contributed by atoms with E-state index >= 15 is 0 Å². The van der Waals surface area contributed by atoms with E-state index in [0.717, 1.165) is 10.2 Å². The fourth-order valence-electron chi connectivity index (χ4n) is 1.32. The number of halogens is 1. The van der Waals surface area contributed by atoms with Crippen molar-refractivity contribution in [2.75, 3.05) is 5.73 Å². The molecule has 6 heteroatoms. The van der Waals surface area contributed by atoms with Crippen LogP contribution in [0.25, 0.3) is 0 Å². The number of hydrogen-bond donors (Lipinski definition) is 2. The third kappa shape index (κ3) is 3.04. The number of carbonyl (C=O) groups is 1. The second-order valence-corrected chi connectivity index (χ2v) is 5.08. The summed E-state index contributed by atoms with van der Waals surface area (Å²) in [6.45, 7) is 0.383. The lowest BCUT2D eigenvalue weighted by Gasteiger charge is -2.04. The highest BCUT2D eigenvalue weighted by molar-refractivity contribution is 9.10. The molecule has 1 aromatic heterocycles. The average molecular weight is 312 g/mol. The first kappa shape index (κ1) is 12.1. The number of hydrogen-bond acceptors (Lipinski definition) is 4. The van der Waals surface area contributed by atoms with Crippen LogP contribution in [0, 0.1) is 0 Å².